The molecule has 168 valence electrons. The van der Waals surface area contributed by atoms with Gasteiger partial charge in [-0.25, -0.2) is 13.1 Å². The van der Waals surface area contributed by atoms with E-state index >= 15 is 0 Å². The second kappa shape index (κ2) is 11.3. The van der Waals surface area contributed by atoms with Crippen molar-refractivity contribution in [2.24, 2.45) is 4.99 Å². The SMILES string of the molecule is CN=C(NCc1ccc(CN2CCCCC2)cc1)NCc1cccc(S(=O)(=O)NC)c1. The maximum absolute atomic E-state index is 12.0. The van der Waals surface area contributed by atoms with Crippen molar-refractivity contribution >= 4 is 16.0 Å². The zero-order valence-corrected chi connectivity index (χ0v) is 19.2. The Balaban J connectivity index is 1.49. The zero-order chi connectivity index (χ0) is 22.1. The Bertz CT molecular complexity index is 968. The van der Waals surface area contributed by atoms with Gasteiger partial charge in [0.1, 0.15) is 0 Å². The lowest BCUT2D eigenvalue weighted by molar-refractivity contribution is 0.221. The Labute approximate surface area is 186 Å². The van der Waals surface area contributed by atoms with E-state index in [2.05, 4.69) is 49.5 Å². The third-order valence-electron chi connectivity index (χ3n) is 5.50. The first-order valence-electron chi connectivity index (χ1n) is 10.8. The number of benzene rings is 2. The normalized spacial score (nSPS) is 15.6. The number of guanidine groups is 1. The Kier molecular flexibility index (Phi) is 8.45. The van der Waals surface area contributed by atoms with Crippen LogP contribution in [0.4, 0.5) is 0 Å². The van der Waals surface area contributed by atoms with Crippen molar-refractivity contribution in [3.63, 3.8) is 0 Å². The molecule has 1 aliphatic rings. The minimum Gasteiger partial charge on any atom is -0.352 e. The molecular formula is C23H33N5O2S. The number of hydrogen-bond donors (Lipinski definition) is 3. The molecule has 7 nitrogen and oxygen atoms in total. The van der Waals surface area contributed by atoms with E-state index in [0.29, 0.717) is 19.0 Å². The molecule has 0 spiro atoms. The highest BCUT2D eigenvalue weighted by Crippen LogP contribution is 2.14. The van der Waals surface area contributed by atoms with E-state index in [1.165, 1.54) is 50.5 Å². The van der Waals surface area contributed by atoms with E-state index in [0.717, 1.165) is 12.1 Å². The topological polar surface area (TPSA) is 85.8 Å². The Morgan fingerprint density at radius 2 is 1.58 bits per heavy atom. The van der Waals surface area contributed by atoms with Gasteiger partial charge in [-0.2, -0.15) is 0 Å². The molecule has 1 fully saturated rings. The molecule has 3 rings (SSSR count). The Morgan fingerprint density at radius 1 is 0.935 bits per heavy atom. The standard InChI is InChI=1S/C23H33N5O2S/c1-24-23(27-17-21-7-6-8-22(15-21)31(29,30)25-2)26-16-19-9-11-20(12-10-19)18-28-13-4-3-5-14-28/h6-12,15,25H,3-5,13-14,16-18H2,1-2H3,(H2,24,26,27). The summed E-state index contributed by atoms with van der Waals surface area (Å²) < 4.78 is 26.3. The summed E-state index contributed by atoms with van der Waals surface area (Å²) in [5.74, 6) is 0.666. The van der Waals surface area contributed by atoms with Gasteiger partial charge >= 0.3 is 0 Å². The largest absolute Gasteiger partial charge is 0.352 e. The van der Waals surface area contributed by atoms with Crippen LogP contribution in [0.3, 0.4) is 0 Å². The van der Waals surface area contributed by atoms with Crippen molar-refractivity contribution in [3.8, 4) is 0 Å². The molecule has 0 saturated carbocycles. The predicted octanol–water partition coefficient (Wildman–Crippen LogP) is 2.45. The van der Waals surface area contributed by atoms with Gasteiger partial charge in [-0.1, -0.05) is 42.8 Å². The highest BCUT2D eigenvalue weighted by molar-refractivity contribution is 7.89. The van der Waals surface area contributed by atoms with Crippen LogP contribution in [0.25, 0.3) is 0 Å². The molecule has 0 amide bonds. The molecule has 2 aromatic rings. The molecule has 0 aromatic heterocycles. The van der Waals surface area contributed by atoms with Crippen molar-refractivity contribution < 1.29 is 8.42 Å². The Morgan fingerprint density at radius 3 is 2.23 bits per heavy atom. The van der Waals surface area contributed by atoms with Gasteiger partial charge in [-0.15, -0.1) is 0 Å². The van der Waals surface area contributed by atoms with Gasteiger partial charge < -0.3 is 10.6 Å². The van der Waals surface area contributed by atoms with Crippen LogP contribution in [0, 0.1) is 0 Å². The minimum absolute atomic E-state index is 0.252. The van der Waals surface area contributed by atoms with Crippen LogP contribution in [0.15, 0.2) is 58.4 Å². The predicted molar refractivity (Wildman–Crippen MR) is 125 cm³/mol. The average Bonchev–Trinajstić information content (AvgIpc) is 2.81. The smallest absolute Gasteiger partial charge is 0.240 e. The van der Waals surface area contributed by atoms with E-state index < -0.39 is 10.0 Å². The summed E-state index contributed by atoms with van der Waals surface area (Å²) >= 11 is 0. The number of aliphatic imine (C=N–C) groups is 1. The van der Waals surface area contributed by atoms with Crippen LogP contribution < -0.4 is 15.4 Å². The van der Waals surface area contributed by atoms with Crippen LogP contribution in [0.5, 0.6) is 0 Å². The first-order valence-corrected chi connectivity index (χ1v) is 12.3. The third-order valence-corrected chi connectivity index (χ3v) is 6.91. The molecule has 0 radical (unpaired) electrons. The third kappa shape index (κ3) is 7.05. The second-order valence-electron chi connectivity index (χ2n) is 7.79. The monoisotopic (exact) mass is 443 g/mol. The van der Waals surface area contributed by atoms with Crippen molar-refractivity contribution in [1.82, 2.24) is 20.3 Å². The number of likely N-dealkylation sites (tertiary alicyclic amines) is 1. The first-order chi connectivity index (χ1) is 15.0. The zero-order valence-electron chi connectivity index (χ0n) is 18.4. The van der Waals surface area contributed by atoms with Crippen molar-refractivity contribution in [2.75, 3.05) is 27.2 Å². The summed E-state index contributed by atoms with van der Waals surface area (Å²) in [7, 11) is -0.321. The highest BCUT2D eigenvalue weighted by atomic mass is 32.2. The van der Waals surface area contributed by atoms with Gasteiger partial charge in [0.2, 0.25) is 10.0 Å². The van der Waals surface area contributed by atoms with E-state index in [9.17, 15) is 8.42 Å². The fraction of sp³-hybridized carbons (Fsp3) is 0.435. The average molecular weight is 444 g/mol. The van der Waals surface area contributed by atoms with Gasteiger partial charge in [-0.05, 0) is 61.8 Å². The summed E-state index contributed by atoms with van der Waals surface area (Å²) in [6.07, 6.45) is 3.98. The summed E-state index contributed by atoms with van der Waals surface area (Å²) in [5, 5.41) is 6.55. The summed E-state index contributed by atoms with van der Waals surface area (Å²) in [6.45, 7) is 4.57. The van der Waals surface area contributed by atoms with Crippen molar-refractivity contribution in [2.45, 2.75) is 43.8 Å². The van der Waals surface area contributed by atoms with Crippen LogP contribution >= 0.6 is 0 Å². The fourth-order valence-electron chi connectivity index (χ4n) is 3.67. The number of piperidine rings is 1. The van der Waals surface area contributed by atoms with Gasteiger partial charge in [0, 0.05) is 26.7 Å². The van der Waals surface area contributed by atoms with Gasteiger partial charge in [0.25, 0.3) is 0 Å². The Hall–Kier alpha value is -2.42. The molecule has 31 heavy (non-hydrogen) atoms. The molecular weight excluding hydrogens is 410 g/mol. The molecule has 0 aliphatic carbocycles. The van der Waals surface area contributed by atoms with E-state index in [-0.39, 0.29) is 4.90 Å². The second-order valence-corrected chi connectivity index (χ2v) is 9.67. The van der Waals surface area contributed by atoms with Gasteiger partial charge in [-0.3, -0.25) is 9.89 Å². The van der Waals surface area contributed by atoms with Crippen LogP contribution in [-0.2, 0) is 29.7 Å². The molecule has 8 heteroatoms. The van der Waals surface area contributed by atoms with Crippen LogP contribution in [0.2, 0.25) is 0 Å². The lowest BCUT2D eigenvalue weighted by Gasteiger charge is -2.26. The van der Waals surface area contributed by atoms with Crippen LogP contribution in [0.1, 0.15) is 36.0 Å². The minimum atomic E-state index is -3.45. The van der Waals surface area contributed by atoms with E-state index in [1.807, 2.05) is 6.07 Å². The molecule has 0 bridgehead atoms. The van der Waals surface area contributed by atoms with Gasteiger partial charge in [0.15, 0.2) is 5.96 Å². The number of nitrogens with one attached hydrogen (secondary N) is 3. The molecule has 0 unspecified atom stereocenters. The van der Waals surface area contributed by atoms with Crippen molar-refractivity contribution in [1.29, 1.82) is 0 Å². The molecule has 1 aliphatic heterocycles. The molecule has 1 saturated heterocycles. The lowest BCUT2D eigenvalue weighted by atomic mass is 10.1. The summed E-state index contributed by atoms with van der Waals surface area (Å²) in [4.78, 5) is 7.04. The first kappa shape index (κ1) is 23.2. The number of sulfonamides is 1. The number of nitrogens with zero attached hydrogens (tertiary/aromatic N) is 2. The van der Waals surface area contributed by atoms with Crippen molar-refractivity contribution in [3.05, 3.63) is 65.2 Å². The van der Waals surface area contributed by atoms with Gasteiger partial charge in [0.05, 0.1) is 4.90 Å². The lowest BCUT2D eigenvalue weighted by Crippen LogP contribution is -2.36. The quantitative estimate of drug-likeness (QED) is 0.431. The van der Waals surface area contributed by atoms with Crippen LogP contribution in [-0.4, -0.2) is 46.5 Å². The number of hydrogen-bond acceptors (Lipinski definition) is 4. The molecule has 3 N–H and O–H groups in total. The fourth-order valence-corrected chi connectivity index (χ4v) is 4.47. The maximum Gasteiger partial charge on any atom is 0.240 e. The van der Waals surface area contributed by atoms with E-state index in [1.54, 1.807) is 25.2 Å². The highest BCUT2D eigenvalue weighted by Gasteiger charge is 2.12. The van der Waals surface area contributed by atoms with E-state index in [4.69, 9.17) is 0 Å². The summed E-state index contributed by atoms with van der Waals surface area (Å²) in [5.41, 5.74) is 3.40. The summed E-state index contributed by atoms with van der Waals surface area (Å²) in [6, 6.07) is 15.6. The molecule has 2 aromatic carbocycles. The maximum atomic E-state index is 12.0. The number of rotatable bonds is 8. The molecule has 0 atom stereocenters. The molecule has 1 heterocycles.